The van der Waals surface area contributed by atoms with E-state index in [-0.39, 0.29) is 17.5 Å². The smallest absolute Gasteiger partial charge is 0.315 e. The number of hydrogen-bond donors (Lipinski definition) is 2. The molecule has 6 nitrogen and oxygen atoms in total. The number of methoxy groups -OCH3 is 2. The van der Waals surface area contributed by atoms with Crippen LogP contribution < -0.4 is 20.1 Å². The number of carbonyl (C=O) groups is 1. The lowest BCUT2D eigenvalue weighted by molar-refractivity contribution is 0.238. The first-order valence-corrected chi connectivity index (χ1v) is 9.83. The summed E-state index contributed by atoms with van der Waals surface area (Å²) in [6, 6.07) is 5.42. The Bertz CT molecular complexity index is 768. The van der Waals surface area contributed by atoms with Crippen molar-refractivity contribution in [2.45, 2.75) is 45.6 Å². The van der Waals surface area contributed by atoms with E-state index < -0.39 is 0 Å². The van der Waals surface area contributed by atoms with Crippen LogP contribution in [0.25, 0.3) is 0 Å². The topological polar surface area (TPSA) is 72.5 Å². The number of nitrogens with one attached hydrogen (secondary N) is 2. The summed E-state index contributed by atoms with van der Waals surface area (Å²) in [7, 11) is 3.22. The van der Waals surface area contributed by atoms with Crippen LogP contribution in [0.5, 0.6) is 11.5 Å². The average Bonchev–Trinajstić information content (AvgIpc) is 3.12. The number of hydrogen-bond acceptors (Lipinski definition) is 5. The Morgan fingerprint density at radius 1 is 1.22 bits per heavy atom. The third-order valence-corrected chi connectivity index (χ3v) is 5.18. The molecule has 0 saturated heterocycles. The summed E-state index contributed by atoms with van der Waals surface area (Å²) in [5, 5.41) is 8.80. The van der Waals surface area contributed by atoms with Gasteiger partial charge < -0.3 is 20.1 Å². The first kappa shape index (κ1) is 21.0. The van der Waals surface area contributed by atoms with Gasteiger partial charge in [-0.15, -0.1) is 11.3 Å². The molecule has 1 aromatic carbocycles. The molecule has 0 radical (unpaired) electrons. The SMILES string of the molecule is COc1ccc(CCNC(=O)NC(C)c2nc(C(C)(C)C)cs2)cc1OC. The van der Waals surface area contributed by atoms with Crippen molar-refractivity contribution in [2.24, 2.45) is 0 Å². The van der Waals surface area contributed by atoms with Crippen LogP contribution in [0.2, 0.25) is 0 Å². The molecular formula is C20H29N3O3S. The Hall–Kier alpha value is -2.28. The minimum absolute atomic E-state index is 0.0101. The van der Waals surface area contributed by atoms with Crippen molar-refractivity contribution < 1.29 is 14.3 Å². The van der Waals surface area contributed by atoms with E-state index in [9.17, 15) is 4.79 Å². The minimum atomic E-state index is -0.199. The highest BCUT2D eigenvalue weighted by atomic mass is 32.1. The van der Waals surface area contributed by atoms with Gasteiger partial charge in [-0.1, -0.05) is 26.8 Å². The van der Waals surface area contributed by atoms with Crippen molar-refractivity contribution in [3.05, 3.63) is 39.8 Å². The fourth-order valence-corrected chi connectivity index (χ4v) is 3.55. The van der Waals surface area contributed by atoms with Crippen molar-refractivity contribution in [3.63, 3.8) is 0 Å². The molecule has 0 aliphatic rings. The quantitative estimate of drug-likeness (QED) is 0.746. The molecule has 148 valence electrons. The zero-order valence-corrected chi connectivity index (χ0v) is 17.7. The third-order valence-electron chi connectivity index (χ3n) is 4.16. The Balaban J connectivity index is 1.83. The van der Waals surface area contributed by atoms with E-state index in [1.54, 1.807) is 25.6 Å². The van der Waals surface area contributed by atoms with Crippen LogP contribution in [0.1, 0.15) is 50.0 Å². The molecule has 1 aromatic heterocycles. The highest BCUT2D eigenvalue weighted by Gasteiger charge is 2.20. The number of benzene rings is 1. The summed E-state index contributed by atoms with van der Waals surface area (Å²) < 4.78 is 10.5. The minimum Gasteiger partial charge on any atom is -0.493 e. The van der Waals surface area contributed by atoms with E-state index >= 15 is 0 Å². The number of rotatable bonds is 7. The standard InChI is InChI=1S/C20H29N3O3S/c1-13(18-23-17(12-27-18)20(2,3)4)22-19(24)21-10-9-14-7-8-15(25-5)16(11-14)26-6/h7-8,11-13H,9-10H2,1-6H3,(H2,21,22,24). The number of urea groups is 1. The molecule has 2 rings (SSSR count). The fourth-order valence-electron chi connectivity index (χ4n) is 2.50. The first-order valence-electron chi connectivity index (χ1n) is 8.95. The van der Waals surface area contributed by atoms with Crippen LogP contribution in [0.3, 0.4) is 0 Å². The summed E-state index contributed by atoms with van der Waals surface area (Å²) in [6.45, 7) is 8.86. The summed E-state index contributed by atoms with van der Waals surface area (Å²) in [6.07, 6.45) is 0.702. The van der Waals surface area contributed by atoms with E-state index in [1.165, 1.54) is 0 Å². The van der Waals surface area contributed by atoms with Gasteiger partial charge in [0.15, 0.2) is 11.5 Å². The van der Waals surface area contributed by atoms with Crippen molar-refractivity contribution in [1.82, 2.24) is 15.6 Å². The monoisotopic (exact) mass is 391 g/mol. The van der Waals surface area contributed by atoms with Gasteiger partial charge in [-0.25, -0.2) is 9.78 Å². The van der Waals surface area contributed by atoms with Gasteiger partial charge in [-0.3, -0.25) is 0 Å². The molecule has 2 aromatic rings. The van der Waals surface area contributed by atoms with E-state index in [1.807, 2.05) is 25.1 Å². The molecule has 0 fully saturated rings. The van der Waals surface area contributed by atoms with Gasteiger partial charge in [-0.05, 0) is 31.0 Å². The Labute approximate surface area is 165 Å². The predicted molar refractivity (Wildman–Crippen MR) is 109 cm³/mol. The molecule has 0 spiro atoms. The number of ether oxygens (including phenoxy) is 2. The molecule has 1 unspecified atom stereocenters. The lowest BCUT2D eigenvalue weighted by Crippen LogP contribution is -2.38. The second-order valence-corrected chi connectivity index (χ2v) is 8.27. The van der Waals surface area contributed by atoms with E-state index in [2.05, 4.69) is 41.8 Å². The lowest BCUT2D eigenvalue weighted by atomic mass is 9.93. The number of nitrogens with zero attached hydrogens (tertiary/aromatic N) is 1. The third kappa shape index (κ3) is 5.85. The van der Waals surface area contributed by atoms with E-state index in [0.29, 0.717) is 24.5 Å². The number of carbonyl (C=O) groups excluding carboxylic acids is 1. The van der Waals surface area contributed by atoms with E-state index in [0.717, 1.165) is 16.3 Å². The number of thiazole rings is 1. The van der Waals surface area contributed by atoms with Gasteiger partial charge in [-0.2, -0.15) is 0 Å². The molecule has 1 heterocycles. The zero-order chi connectivity index (χ0) is 20.0. The second kappa shape index (κ2) is 9.08. The summed E-state index contributed by atoms with van der Waals surface area (Å²) in [4.78, 5) is 16.8. The average molecular weight is 392 g/mol. The number of aromatic nitrogens is 1. The van der Waals surface area contributed by atoms with Crippen LogP contribution in [0.4, 0.5) is 4.79 Å². The molecule has 0 aliphatic heterocycles. The molecule has 0 aliphatic carbocycles. The molecule has 27 heavy (non-hydrogen) atoms. The van der Waals surface area contributed by atoms with Crippen LogP contribution >= 0.6 is 11.3 Å². The van der Waals surface area contributed by atoms with Crippen LogP contribution in [-0.4, -0.2) is 31.8 Å². The van der Waals surface area contributed by atoms with Crippen molar-refractivity contribution >= 4 is 17.4 Å². The summed E-state index contributed by atoms with van der Waals surface area (Å²) in [5.41, 5.74) is 2.12. The molecule has 0 bridgehead atoms. The van der Waals surface area contributed by atoms with Gasteiger partial charge in [0, 0.05) is 17.3 Å². The highest BCUT2D eigenvalue weighted by Crippen LogP contribution is 2.28. The normalized spacial score (nSPS) is 12.4. The van der Waals surface area contributed by atoms with Gasteiger partial charge in [0.25, 0.3) is 0 Å². The van der Waals surface area contributed by atoms with Crippen molar-refractivity contribution in [3.8, 4) is 11.5 Å². The predicted octanol–water partition coefficient (Wildman–Crippen LogP) is 4.06. The highest BCUT2D eigenvalue weighted by molar-refractivity contribution is 7.09. The number of amides is 2. The fraction of sp³-hybridized carbons (Fsp3) is 0.500. The van der Waals surface area contributed by atoms with Gasteiger partial charge in [0.05, 0.1) is 26.0 Å². The van der Waals surface area contributed by atoms with Crippen molar-refractivity contribution in [2.75, 3.05) is 20.8 Å². The second-order valence-electron chi connectivity index (χ2n) is 7.38. The Morgan fingerprint density at radius 2 is 1.93 bits per heavy atom. The summed E-state index contributed by atoms with van der Waals surface area (Å²) in [5.74, 6) is 1.38. The maximum Gasteiger partial charge on any atom is 0.315 e. The maximum atomic E-state index is 12.2. The molecule has 7 heteroatoms. The van der Waals surface area contributed by atoms with Gasteiger partial charge >= 0.3 is 6.03 Å². The Kier molecular flexibility index (Phi) is 7.07. The molecule has 2 N–H and O–H groups in total. The molecule has 1 atom stereocenters. The summed E-state index contributed by atoms with van der Waals surface area (Å²) >= 11 is 1.58. The zero-order valence-electron chi connectivity index (χ0n) is 16.9. The van der Waals surface area contributed by atoms with E-state index in [4.69, 9.17) is 9.47 Å². The first-order chi connectivity index (χ1) is 12.7. The van der Waals surface area contributed by atoms with Crippen LogP contribution in [-0.2, 0) is 11.8 Å². The largest absolute Gasteiger partial charge is 0.493 e. The Morgan fingerprint density at radius 3 is 2.52 bits per heavy atom. The molecule has 2 amide bonds. The van der Waals surface area contributed by atoms with Crippen LogP contribution in [0, 0.1) is 0 Å². The maximum absolute atomic E-state index is 12.2. The lowest BCUT2D eigenvalue weighted by Gasteiger charge is -2.15. The van der Waals surface area contributed by atoms with Gasteiger partial charge in [0.1, 0.15) is 5.01 Å². The van der Waals surface area contributed by atoms with Crippen LogP contribution in [0.15, 0.2) is 23.6 Å². The van der Waals surface area contributed by atoms with Crippen molar-refractivity contribution in [1.29, 1.82) is 0 Å². The van der Waals surface area contributed by atoms with Gasteiger partial charge in [0.2, 0.25) is 0 Å². The molecule has 0 saturated carbocycles. The molecular weight excluding hydrogens is 362 g/mol.